The van der Waals surface area contributed by atoms with Gasteiger partial charge in [-0.3, -0.25) is 0 Å². The van der Waals surface area contributed by atoms with Crippen molar-refractivity contribution in [2.75, 3.05) is 18.0 Å². The highest BCUT2D eigenvalue weighted by molar-refractivity contribution is 5.74. The van der Waals surface area contributed by atoms with Crippen molar-refractivity contribution in [2.24, 2.45) is 5.92 Å². The lowest BCUT2D eigenvalue weighted by Crippen LogP contribution is -2.36. The zero-order chi connectivity index (χ0) is 15.8. The first-order chi connectivity index (χ1) is 11.2. The summed E-state index contributed by atoms with van der Waals surface area (Å²) in [6.45, 7) is 1.47. The van der Waals surface area contributed by atoms with Gasteiger partial charge in [0.25, 0.3) is 6.01 Å². The van der Waals surface area contributed by atoms with Gasteiger partial charge in [-0.05, 0) is 30.9 Å². The second kappa shape index (κ2) is 5.66. The highest BCUT2D eigenvalue weighted by Crippen LogP contribution is 2.32. The molecule has 0 spiro atoms. The van der Waals surface area contributed by atoms with E-state index in [0.717, 1.165) is 25.9 Å². The Kier molecular flexibility index (Phi) is 3.49. The molecule has 4 rings (SSSR count). The largest absolute Gasteiger partial charge is 0.423 e. The molecule has 0 radical (unpaired) electrons. The molecule has 6 nitrogen and oxygen atoms in total. The SMILES string of the molecule is OC(c1ncc[nH]1)C1CCN(c2nc3cc(F)ccc3o2)CC1. The third kappa shape index (κ3) is 2.68. The highest BCUT2D eigenvalue weighted by Gasteiger charge is 2.29. The van der Waals surface area contributed by atoms with E-state index in [2.05, 4.69) is 15.0 Å². The van der Waals surface area contributed by atoms with E-state index in [0.29, 0.717) is 22.9 Å². The van der Waals surface area contributed by atoms with E-state index in [1.807, 2.05) is 4.90 Å². The average molecular weight is 316 g/mol. The molecule has 1 aliphatic heterocycles. The third-order valence-electron chi connectivity index (χ3n) is 4.39. The summed E-state index contributed by atoms with van der Waals surface area (Å²) in [5, 5.41) is 10.3. The molecule has 0 bridgehead atoms. The van der Waals surface area contributed by atoms with Crippen LogP contribution in [0.3, 0.4) is 0 Å². The zero-order valence-electron chi connectivity index (χ0n) is 12.4. The molecular formula is C16H17FN4O2. The summed E-state index contributed by atoms with van der Waals surface area (Å²) in [7, 11) is 0. The quantitative estimate of drug-likeness (QED) is 0.776. The molecule has 0 aliphatic carbocycles. The second-order valence-electron chi connectivity index (χ2n) is 5.85. The maximum Gasteiger partial charge on any atom is 0.298 e. The number of hydrogen-bond donors (Lipinski definition) is 2. The molecule has 1 unspecified atom stereocenters. The fourth-order valence-corrected chi connectivity index (χ4v) is 3.09. The van der Waals surface area contributed by atoms with Gasteiger partial charge in [-0.15, -0.1) is 0 Å². The minimum Gasteiger partial charge on any atom is -0.423 e. The number of imidazole rings is 1. The van der Waals surface area contributed by atoms with Crippen molar-refractivity contribution in [3.05, 3.63) is 42.2 Å². The number of aliphatic hydroxyl groups is 1. The maximum atomic E-state index is 13.2. The lowest BCUT2D eigenvalue weighted by Gasteiger charge is -2.32. The maximum absolute atomic E-state index is 13.2. The van der Waals surface area contributed by atoms with Gasteiger partial charge in [-0.25, -0.2) is 9.37 Å². The van der Waals surface area contributed by atoms with Crippen LogP contribution in [0.25, 0.3) is 11.1 Å². The Bertz CT molecular complexity index is 794. The van der Waals surface area contributed by atoms with Gasteiger partial charge in [-0.2, -0.15) is 4.98 Å². The molecule has 120 valence electrons. The number of fused-ring (bicyclic) bond motifs is 1. The Labute approximate surface area is 132 Å². The minimum absolute atomic E-state index is 0.152. The number of oxazole rings is 1. The molecule has 0 saturated carbocycles. The van der Waals surface area contributed by atoms with E-state index in [1.165, 1.54) is 12.1 Å². The zero-order valence-corrected chi connectivity index (χ0v) is 12.4. The molecule has 2 N–H and O–H groups in total. The number of halogens is 1. The number of nitrogens with one attached hydrogen (secondary N) is 1. The summed E-state index contributed by atoms with van der Waals surface area (Å²) < 4.78 is 18.9. The van der Waals surface area contributed by atoms with Crippen LogP contribution in [0.15, 0.2) is 35.0 Å². The summed E-state index contributed by atoms with van der Waals surface area (Å²) in [4.78, 5) is 13.5. The molecule has 1 atom stereocenters. The van der Waals surface area contributed by atoms with Gasteiger partial charge in [0.05, 0.1) is 0 Å². The van der Waals surface area contributed by atoms with Crippen LogP contribution < -0.4 is 4.90 Å². The molecule has 3 heterocycles. The number of H-pyrrole nitrogens is 1. The summed E-state index contributed by atoms with van der Waals surface area (Å²) in [5.41, 5.74) is 1.11. The van der Waals surface area contributed by atoms with Crippen LogP contribution in [-0.4, -0.2) is 33.1 Å². The van der Waals surface area contributed by atoms with Crippen molar-refractivity contribution in [1.82, 2.24) is 15.0 Å². The number of aromatic nitrogens is 3. The average Bonchev–Trinajstić information content (AvgIpc) is 3.23. The monoisotopic (exact) mass is 316 g/mol. The van der Waals surface area contributed by atoms with Crippen LogP contribution in [0.4, 0.5) is 10.4 Å². The molecular weight excluding hydrogens is 299 g/mol. The van der Waals surface area contributed by atoms with E-state index < -0.39 is 6.10 Å². The van der Waals surface area contributed by atoms with Crippen molar-refractivity contribution in [3.8, 4) is 0 Å². The number of aromatic amines is 1. The van der Waals surface area contributed by atoms with Crippen LogP contribution in [0.5, 0.6) is 0 Å². The minimum atomic E-state index is -0.579. The van der Waals surface area contributed by atoms with Crippen LogP contribution in [0.2, 0.25) is 0 Å². The van der Waals surface area contributed by atoms with Gasteiger partial charge in [0.15, 0.2) is 5.58 Å². The topological polar surface area (TPSA) is 78.2 Å². The number of piperidine rings is 1. The first kappa shape index (κ1) is 14.2. The van der Waals surface area contributed by atoms with Gasteiger partial charge >= 0.3 is 0 Å². The first-order valence-corrected chi connectivity index (χ1v) is 7.69. The Morgan fingerprint density at radius 2 is 2.17 bits per heavy atom. The first-order valence-electron chi connectivity index (χ1n) is 7.69. The predicted molar refractivity (Wildman–Crippen MR) is 82.5 cm³/mol. The normalized spacial score (nSPS) is 17.7. The number of hydrogen-bond acceptors (Lipinski definition) is 5. The van der Waals surface area contributed by atoms with Gasteiger partial charge in [0.2, 0.25) is 0 Å². The van der Waals surface area contributed by atoms with Crippen LogP contribution in [0.1, 0.15) is 24.8 Å². The smallest absolute Gasteiger partial charge is 0.298 e. The van der Waals surface area contributed by atoms with Gasteiger partial charge in [0.1, 0.15) is 23.3 Å². The number of benzene rings is 1. The molecule has 0 amide bonds. The van der Waals surface area contributed by atoms with Crippen molar-refractivity contribution >= 4 is 17.1 Å². The molecule has 1 saturated heterocycles. The van der Waals surface area contributed by atoms with Crippen molar-refractivity contribution in [2.45, 2.75) is 18.9 Å². The molecule has 1 fully saturated rings. The van der Waals surface area contributed by atoms with E-state index in [9.17, 15) is 9.50 Å². The number of nitrogens with zero attached hydrogens (tertiary/aromatic N) is 3. The Hall–Kier alpha value is -2.41. The fraction of sp³-hybridized carbons (Fsp3) is 0.375. The third-order valence-corrected chi connectivity index (χ3v) is 4.39. The van der Waals surface area contributed by atoms with Gasteiger partial charge in [0, 0.05) is 31.5 Å². The lowest BCUT2D eigenvalue weighted by molar-refractivity contribution is 0.0851. The fourth-order valence-electron chi connectivity index (χ4n) is 3.09. The van der Waals surface area contributed by atoms with Crippen molar-refractivity contribution in [3.63, 3.8) is 0 Å². The van der Waals surface area contributed by atoms with E-state index >= 15 is 0 Å². The summed E-state index contributed by atoms with van der Waals surface area (Å²) in [5.74, 6) is 0.442. The number of rotatable bonds is 3. The van der Waals surface area contributed by atoms with E-state index in [4.69, 9.17) is 4.42 Å². The van der Waals surface area contributed by atoms with Crippen LogP contribution in [0, 0.1) is 11.7 Å². The summed E-state index contributed by atoms with van der Waals surface area (Å²) in [6, 6.07) is 4.84. The number of anilines is 1. The van der Waals surface area contributed by atoms with Gasteiger partial charge in [-0.1, -0.05) is 0 Å². The predicted octanol–water partition coefficient (Wildman–Crippen LogP) is 2.64. The van der Waals surface area contributed by atoms with Crippen LogP contribution in [-0.2, 0) is 0 Å². The molecule has 7 heteroatoms. The number of aliphatic hydroxyl groups excluding tert-OH is 1. The lowest BCUT2D eigenvalue weighted by atomic mass is 9.91. The van der Waals surface area contributed by atoms with Gasteiger partial charge < -0.3 is 19.4 Å². The molecule has 3 aromatic rings. The molecule has 1 aromatic carbocycles. The Morgan fingerprint density at radius 1 is 1.35 bits per heavy atom. The summed E-state index contributed by atoms with van der Waals surface area (Å²) in [6.07, 6.45) is 4.41. The van der Waals surface area contributed by atoms with Crippen molar-refractivity contribution in [1.29, 1.82) is 0 Å². The highest BCUT2D eigenvalue weighted by atomic mass is 19.1. The molecule has 2 aromatic heterocycles. The Balaban J connectivity index is 1.46. The van der Waals surface area contributed by atoms with Crippen LogP contribution >= 0.6 is 0 Å². The van der Waals surface area contributed by atoms with E-state index in [1.54, 1.807) is 18.5 Å². The van der Waals surface area contributed by atoms with E-state index in [-0.39, 0.29) is 11.7 Å². The molecule has 23 heavy (non-hydrogen) atoms. The Morgan fingerprint density at radius 3 is 2.91 bits per heavy atom. The standard InChI is InChI=1S/C16H17FN4O2/c17-11-1-2-13-12(9-11)20-16(23-13)21-7-3-10(4-8-21)14(22)15-18-5-6-19-15/h1-2,5-6,9-10,14,22H,3-4,7-8H2,(H,18,19). The van der Waals surface area contributed by atoms with Crippen molar-refractivity contribution < 1.29 is 13.9 Å². The second-order valence-corrected chi connectivity index (χ2v) is 5.85. The molecule has 1 aliphatic rings. The summed E-state index contributed by atoms with van der Waals surface area (Å²) >= 11 is 0.